The molecule has 0 saturated heterocycles. The second-order valence-electron chi connectivity index (χ2n) is 6.26. The molecule has 5 heteroatoms. The molecule has 128 valence electrons. The minimum Gasteiger partial charge on any atom is -0.398 e. The van der Waals surface area contributed by atoms with E-state index < -0.39 is 0 Å². The molecule has 0 bridgehead atoms. The van der Waals surface area contributed by atoms with Crippen molar-refractivity contribution in [3.05, 3.63) is 65.9 Å². The quantitative estimate of drug-likeness (QED) is 0.734. The number of nitrogens with two attached hydrogens (primary N) is 1. The van der Waals surface area contributed by atoms with Crippen molar-refractivity contribution in [3.63, 3.8) is 0 Å². The number of nitrogens with one attached hydrogen (secondary N) is 2. The van der Waals surface area contributed by atoms with Crippen LogP contribution < -0.4 is 16.4 Å². The summed E-state index contributed by atoms with van der Waals surface area (Å²) in [6.07, 6.45) is 3.42. The van der Waals surface area contributed by atoms with Gasteiger partial charge in [0.05, 0.1) is 5.56 Å². The fourth-order valence-electron chi connectivity index (χ4n) is 2.68. The summed E-state index contributed by atoms with van der Waals surface area (Å²) >= 11 is 0. The van der Waals surface area contributed by atoms with Crippen molar-refractivity contribution in [2.45, 2.75) is 25.8 Å². The van der Waals surface area contributed by atoms with Gasteiger partial charge in [-0.3, -0.25) is 9.59 Å². The highest BCUT2D eigenvalue weighted by molar-refractivity contribution is 6.01. The van der Waals surface area contributed by atoms with Crippen molar-refractivity contribution in [1.29, 1.82) is 0 Å². The number of aryl methyl sites for hydroxylation is 1. The summed E-state index contributed by atoms with van der Waals surface area (Å²) in [6, 6.07) is 11.2. The second-order valence-corrected chi connectivity index (χ2v) is 6.26. The highest BCUT2D eigenvalue weighted by Crippen LogP contribution is 2.28. The monoisotopic (exact) mass is 335 g/mol. The highest BCUT2D eigenvalue weighted by Gasteiger charge is 2.24. The molecule has 0 radical (unpaired) electrons. The summed E-state index contributed by atoms with van der Waals surface area (Å²) in [7, 11) is 0. The van der Waals surface area contributed by atoms with E-state index in [0.717, 1.165) is 29.5 Å². The Morgan fingerprint density at radius 1 is 1.16 bits per heavy atom. The number of rotatable bonds is 5. The summed E-state index contributed by atoms with van der Waals surface area (Å²) in [5.74, 6) is -0.355. The number of hydrogen-bond donors (Lipinski definition) is 3. The van der Waals surface area contributed by atoms with Crippen molar-refractivity contribution in [3.8, 4) is 11.1 Å². The largest absolute Gasteiger partial charge is 0.398 e. The zero-order valence-electron chi connectivity index (χ0n) is 14.1. The zero-order chi connectivity index (χ0) is 18.0. The van der Waals surface area contributed by atoms with Crippen molar-refractivity contribution < 1.29 is 9.59 Å². The molecular formula is C20H21N3O2. The number of benzene rings is 2. The first-order chi connectivity index (χ1) is 12.0. The van der Waals surface area contributed by atoms with Crippen LogP contribution in [-0.4, -0.2) is 17.9 Å². The maximum absolute atomic E-state index is 12.3. The summed E-state index contributed by atoms with van der Waals surface area (Å²) in [4.78, 5) is 24.2. The van der Waals surface area contributed by atoms with Gasteiger partial charge in [-0.05, 0) is 66.9 Å². The predicted octanol–water partition coefficient (Wildman–Crippen LogP) is 3.01. The van der Waals surface area contributed by atoms with E-state index in [9.17, 15) is 9.59 Å². The number of carbonyl (C=O) groups excluding carboxylic acids is 2. The molecule has 2 aromatic carbocycles. The molecule has 5 nitrogen and oxygen atoms in total. The molecule has 1 saturated carbocycles. The summed E-state index contributed by atoms with van der Waals surface area (Å²) in [5, 5.41) is 5.51. The van der Waals surface area contributed by atoms with Gasteiger partial charge in [0.1, 0.15) is 0 Å². The van der Waals surface area contributed by atoms with Crippen LogP contribution in [0.1, 0.15) is 39.1 Å². The lowest BCUT2D eigenvalue weighted by molar-refractivity contribution is 0.0948. The molecule has 0 atom stereocenters. The minimum atomic E-state index is -0.298. The van der Waals surface area contributed by atoms with Gasteiger partial charge in [0.25, 0.3) is 11.8 Å². The van der Waals surface area contributed by atoms with Gasteiger partial charge in [-0.15, -0.1) is 0 Å². The Morgan fingerprint density at radius 3 is 2.56 bits per heavy atom. The molecule has 2 amide bonds. The third kappa shape index (κ3) is 3.71. The van der Waals surface area contributed by atoms with Gasteiger partial charge in [-0.1, -0.05) is 18.7 Å². The SMILES string of the molecule is C=CNC(=O)c1ccc(-c2cc(C(=O)NC3CC3)ccc2C)cc1N. The van der Waals surface area contributed by atoms with Crippen LogP contribution in [-0.2, 0) is 0 Å². The zero-order valence-corrected chi connectivity index (χ0v) is 14.1. The van der Waals surface area contributed by atoms with Crippen molar-refractivity contribution in [1.82, 2.24) is 10.6 Å². The van der Waals surface area contributed by atoms with E-state index in [1.54, 1.807) is 12.1 Å². The smallest absolute Gasteiger partial charge is 0.257 e. The van der Waals surface area contributed by atoms with Crippen LogP contribution in [0.3, 0.4) is 0 Å². The molecule has 1 fully saturated rings. The Balaban J connectivity index is 1.92. The van der Waals surface area contributed by atoms with E-state index in [-0.39, 0.29) is 11.8 Å². The Bertz CT molecular complexity index is 854. The van der Waals surface area contributed by atoms with Crippen LogP contribution in [0.15, 0.2) is 49.2 Å². The standard InChI is InChI=1S/C20H21N3O2/c1-3-22-20(25)16-9-6-13(11-18(16)21)17-10-14(5-4-12(17)2)19(24)23-15-7-8-15/h3-6,9-11,15H,1,7-8,21H2,2H3,(H,22,25)(H,23,24). The van der Waals surface area contributed by atoms with Gasteiger partial charge in [-0.2, -0.15) is 0 Å². The maximum atomic E-state index is 12.3. The van der Waals surface area contributed by atoms with Gasteiger partial charge in [0.15, 0.2) is 0 Å². The number of amides is 2. The summed E-state index contributed by atoms with van der Waals surface area (Å²) in [6.45, 7) is 5.45. The fourth-order valence-corrected chi connectivity index (χ4v) is 2.68. The maximum Gasteiger partial charge on any atom is 0.257 e. The molecular weight excluding hydrogens is 314 g/mol. The topological polar surface area (TPSA) is 84.2 Å². The highest BCUT2D eigenvalue weighted by atomic mass is 16.2. The molecule has 2 aromatic rings. The molecule has 0 heterocycles. The van der Waals surface area contributed by atoms with Crippen LogP contribution in [0.4, 0.5) is 5.69 Å². The first-order valence-electron chi connectivity index (χ1n) is 8.23. The molecule has 25 heavy (non-hydrogen) atoms. The number of nitrogen functional groups attached to an aromatic ring is 1. The number of anilines is 1. The van der Waals surface area contributed by atoms with Crippen LogP contribution in [0, 0.1) is 6.92 Å². The van der Waals surface area contributed by atoms with Crippen LogP contribution in [0.2, 0.25) is 0 Å². The van der Waals surface area contributed by atoms with E-state index in [0.29, 0.717) is 22.9 Å². The van der Waals surface area contributed by atoms with Crippen molar-refractivity contribution >= 4 is 17.5 Å². The lowest BCUT2D eigenvalue weighted by atomic mass is 9.96. The first kappa shape index (κ1) is 16.8. The Labute approximate surface area is 146 Å². The van der Waals surface area contributed by atoms with Crippen LogP contribution in [0.25, 0.3) is 11.1 Å². The fraction of sp³-hybridized carbons (Fsp3) is 0.200. The van der Waals surface area contributed by atoms with E-state index >= 15 is 0 Å². The van der Waals surface area contributed by atoms with Gasteiger partial charge in [-0.25, -0.2) is 0 Å². The van der Waals surface area contributed by atoms with Crippen molar-refractivity contribution in [2.24, 2.45) is 0 Å². The Kier molecular flexibility index (Phi) is 4.57. The third-order valence-corrected chi connectivity index (χ3v) is 4.25. The van der Waals surface area contributed by atoms with E-state index in [1.165, 1.54) is 6.20 Å². The average molecular weight is 335 g/mol. The Hall–Kier alpha value is -3.08. The molecule has 0 spiro atoms. The van der Waals surface area contributed by atoms with E-state index in [1.807, 2.05) is 31.2 Å². The van der Waals surface area contributed by atoms with Gasteiger partial charge >= 0.3 is 0 Å². The lowest BCUT2D eigenvalue weighted by Crippen LogP contribution is -2.25. The van der Waals surface area contributed by atoms with Gasteiger partial charge in [0.2, 0.25) is 0 Å². The minimum absolute atomic E-state index is 0.0568. The van der Waals surface area contributed by atoms with E-state index in [4.69, 9.17) is 5.73 Å². The Morgan fingerprint density at radius 2 is 1.92 bits per heavy atom. The van der Waals surface area contributed by atoms with E-state index in [2.05, 4.69) is 17.2 Å². The van der Waals surface area contributed by atoms with Crippen molar-refractivity contribution in [2.75, 3.05) is 5.73 Å². The average Bonchev–Trinajstić information content (AvgIpc) is 3.39. The lowest BCUT2D eigenvalue weighted by Gasteiger charge is -2.12. The van der Waals surface area contributed by atoms with Crippen LogP contribution >= 0.6 is 0 Å². The number of hydrogen-bond acceptors (Lipinski definition) is 3. The normalized spacial score (nSPS) is 13.2. The van der Waals surface area contributed by atoms with Gasteiger partial charge in [0, 0.05) is 17.3 Å². The molecule has 4 N–H and O–H groups in total. The molecule has 0 aliphatic heterocycles. The molecule has 0 unspecified atom stereocenters. The molecule has 1 aliphatic rings. The summed E-state index contributed by atoms with van der Waals surface area (Å²) < 4.78 is 0. The third-order valence-electron chi connectivity index (χ3n) is 4.25. The molecule has 1 aliphatic carbocycles. The summed E-state index contributed by atoms with van der Waals surface area (Å²) in [5.41, 5.74) is 10.3. The predicted molar refractivity (Wildman–Crippen MR) is 99.2 cm³/mol. The molecule has 3 rings (SSSR count). The number of carbonyl (C=O) groups is 2. The first-order valence-corrected chi connectivity index (χ1v) is 8.23. The second kappa shape index (κ2) is 6.81. The molecule has 0 aromatic heterocycles. The van der Waals surface area contributed by atoms with Gasteiger partial charge < -0.3 is 16.4 Å². The van der Waals surface area contributed by atoms with Crippen LogP contribution in [0.5, 0.6) is 0 Å².